The minimum absolute atomic E-state index is 0.0491. The first-order valence-corrected chi connectivity index (χ1v) is 8.17. The van der Waals surface area contributed by atoms with Crippen molar-refractivity contribution in [2.24, 2.45) is 0 Å². The molecule has 0 fully saturated rings. The maximum atomic E-state index is 13.4. The van der Waals surface area contributed by atoms with Crippen molar-refractivity contribution in [3.63, 3.8) is 0 Å². The number of halogens is 1. The molecule has 0 radical (unpaired) electrons. The Labute approximate surface area is 126 Å². The maximum Gasteiger partial charge on any atom is 0.262 e. The molecule has 0 bridgehead atoms. The Balaban J connectivity index is 2.15. The number of fused-ring (bicyclic) bond motifs is 5. The van der Waals surface area contributed by atoms with Gasteiger partial charge in [-0.25, -0.2) is 12.8 Å². The lowest BCUT2D eigenvalue weighted by molar-refractivity contribution is 0.595. The average Bonchev–Trinajstić information content (AvgIpc) is 2.47. The second-order valence-corrected chi connectivity index (χ2v) is 6.91. The van der Waals surface area contributed by atoms with Gasteiger partial charge in [0, 0.05) is 22.2 Å². The van der Waals surface area contributed by atoms with E-state index in [-0.39, 0.29) is 4.90 Å². The molecule has 0 atom stereocenters. The van der Waals surface area contributed by atoms with E-state index in [1.807, 2.05) is 31.2 Å². The van der Waals surface area contributed by atoms with Crippen molar-refractivity contribution < 1.29 is 12.8 Å². The summed E-state index contributed by atoms with van der Waals surface area (Å²) >= 11 is 0. The highest BCUT2D eigenvalue weighted by Gasteiger charge is 2.29. The first-order chi connectivity index (χ1) is 10.5. The molecule has 4 nitrogen and oxygen atoms in total. The molecule has 6 heteroatoms. The quantitative estimate of drug-likeness (QED) is 0.691. The number of aromatic nitrogens is 1. The molecule has 0 aliphatic carbocycles. The summed E-state index contributed by atoms with van der Waals surface area (Å²) in [4.78, 5) is 4.39. The molecular formula is C16H11FN2O2S. The van der Waals surface area contributed by atoms with E-state index in [1.165, 1.54) is 12.1 Å². The molecule has 1 aliphatic rings. The van der Waals surface area contributed by atoms with Gasteiger partial charge in [0.25, 0.3) is 10.0 Å². The van der Waals surface area contributed by atoms with Crippen LogP contribution in [0.2, 0.25) is 0 Å². The predicted octanol–water partition coefficient (Wildman–Crippen LogP) is 3.46. The lowest BCUT2D eigenvalue weighted by atomic mass is 10.0. The van der Waals surface area contributed by atoms with Gasteiger partial charge < -0.3 is 0 Å². The SMILES string of the molecule is Cc1ccc2ccc3c(c2n1)NS(=O)(=O)c1cc(F)ccc1-3. The van der Waals surface area contributed by atoms with Crippen molar-refractivity contribution in [2.75, 3.05) is 4.72 Å². The fourth-order valence-electron chi connectivity index (χ4n) is 2.74. The van der Waals surface area contributed by atoms with Gasteiger partial charge >= 0.3 is 0 Å². The Hall–Kier alpha value is -2.47. The smallest absolute Gasteiger partial charge is 0.262 e. The number of nitrogens with one attached hydrogen (secondary N) is 1. The van der Waals surface area contributed by atoms with Crippen LogP contribution in [-0.2, 0) is 10.0 Å². The molecule has 110 valence electrons. The third-order valence-corrected chi connectivity index (χ3v) is 5.15. The van der Waals surface area contributed by atoms with Crippen LogP contribution in [0.3, 0.4) is 0 Å². The lowest BCUT2D eigenvalue weighted by Crippen LogP contribution is -2.19. The van der Waals surface area contributed by atoms with Crippen molar-refractivity contribution in [1.82, 2.24) is 4.98 Å². The van der Waals surface area contributed by atoms with Crippen molar-refractivity contribution in [1.29, 1.82) is 0 Å². The average molecular weight is 314 g/mol. The molecule has 0 amide bonds. The molecule has 2 aromatic carbocycles. The van der Waals surface area contributed by atoms with Crippen LogP contribution in [-0.4, -0.2) is 13.4 Å². The molecule has 0 saturated carbocycles. The van der Waals surface area contributed by atoms with Gasteiger partial charge in [0.1, 0.15) is 5.82 Å². The number of anilines is 1. The summed E-state index contributed by atoms with van der Waals surface area (Å²) in [5, 5.41) is 0.845. The highest BCUT2D eigenvalue weighted by atomic mass is 32.2. The number of aryl methyl sites for hydroxylation is 1. The van der Waals surface area contributed by atoms with Gasteiger partial charge in [-0.1, -0.05) is 24.3 Å². The fraction of sp³-hybridized carbons (Fsp3) is 0.0625. The molecule has 3 aromatic rings. The summed E-state index contributed by atoms with van der Waals surface area (Å²) in [6, 6.07) is 11.3. The Morgan fingerprint density at radius 2 is 1.77 bits per heavy atom. The number of hydrogen-bond donors (Lipinski definition) is 1. The van der Waals surface area contributed by atoms with Gasteiger partial charge in [0.15, 0.2) is 0 Å². The number of sulfonamides is 1. The van der Waals surface area contributed by atoms with E-state index in [1.54, 1.807) is 0 Å². The summed E-state index contributed by atoms with van der Waals surface area (Å²) in [5.41, 5.74) is 3.03. The third-order valence-electron chi connectivity index (χ3n) is 3.76. The second-order valence-electron chi connectivity index (χ2n) is 5.26. The molecule has 1 N–H and O–H groups in total. The zero-order valence-corrected chi connectivity index (χ0v) is 12.4. The van der Waals surface area contributed by atoms with E-state index >= 15 is 0 Å². The van der Waals surface area contributed by atoms with Crippen molar-refractivity contribution in [2.45, 2.75) is 11.8 Å². The van der Waals surface area contributed by atoms with Crippen LogP contribution >= 0.6 is 0 Å². The summed E-state index contributed by atoms with van der Waals surface area (Å²) in [6.07, 6.45) is 0. The minimum Gasteiger partial charge on any atom is -0.277 e. The first-order valence-electron chi connectivity index (χ1n) is 6.69. The van der Waals surface area contributed by atoms with E-state index < -0.39 is 15.8 Å². The standard InChI is InChI=1S/C16H11FN2O2S/c1-9-2-3-10-4-6-13-12-7-5-11(17)8-14(12)22(20,21)19-16(13)15(10)18-9/h2-8,19H,1H3. The fourth-order valence-corrected chi connectivity index (χ4v) is 4.06. The van der Waals surface area contributed by atoms with E-state index in [0.29, 0.717) is 22.3 Å². The number of pyridine rings is 1. The molecule has 0 saturated heterocycles. The topological polar surface area (TPSA) is 59.1 Å². The maximum absolute atomic E-state index is 13.4. The lowest BCUT2D eigenvalue weighted by Gasteiger charge is -2.22. The van der Waals surface area contributed by atoms with E-state index in [4.69, 9.17) is 0 Å². The highest BCUT2D eigenvalue weighted by Crippen LogP contribution is 2.42. The largest absolute Gasteiger partial charge is 0.277 e. The Morgan fingerprint density at radius 3 is 2.59 bits per heavy atom. The molecule has 22 heavy (non-hydrogen) atoms. The Kier molecular flexibility index (Phi) is 2.56. The zero-order valence-electron chi connectivity index (χ0n) is 11.6. The summed E-state index contributed by atoms with van der Waals surface area (Å²) in [5.74, 6) is -0.581. The van der Waals surface area contributed by atoms with E-state index in [2.05, 4.69) is 9.71 Å². The number of nitrogens with zero attached hydrogens (tertiary/aromatic N) is 1. The van der Waals surface area contributed by atoms with Crippen molar-refractivity contribution in [3.8, 4) is 11.1 Å². The summed E-state index contributed by atoms with van der Waals surface area (Å²) in [6.45, 7) is 1.85. The van der Waals surface area contributed by atoms with Crippen molar-refractivity contribution in [3.05, 3.63) is 54.0 Å². The third kappa shape index (κ3) is 1.80. The van der Waals surface area contributed by atoms with Crippen LogP contribution in [0.5, 0.6) is 0 Å². The summed E-state index contributed by atoms with van der Waals surface area (Å²) < 4.78 is 40.8. The van der Waals surface area contributed by atoms with E-state index in [0.717, 1.165) is 17.1 Å². The Bertz CT molecular complexity index is 1050. The molecule has 2 heterocycles. The van der Waals surface area contributed by atoms with Gasteiger partial charge in [-0.15, -0.1) is 0 Å². The second kappa shape index (κ2) is 4.27. The van der Waals surface area contributed by atoms with Gasteiger partial charge in [0.2, 0.25) is 0 Å². The molecule has 1 aliphatic heterocycles. The van der Waals surface area contributed by atoms with Gasteiger partial charge in [-0.05, 0) is 25.1 Å². The number of hydrogen-bond acceptors (Lipinski definition) is 3. The van der Waals surface area contributed by atoms with Gasteiger partial charge in [-0.2, -0.15) is 0 Å². The number of benzene rings is 2. The molecule has 4 rings (SSSR count). The zero-order chi connectivity index (χ0) is 15.5. The molecule has 1 aromatic heterocycles. The monoisotopic (exact) mass is 314 g/mol. The van der Waals surface area contributed by atoms with E-state index in [9.17, 15) is 12.8 Å². The minimum atomic E-state index is -3.81. The van der Waals surface area contributed by atoms with Crippen molar-refractivity contribution >= 4 is 26.6 Å². The molecular weight excluding hydrogens is 303 g/mol. The van der Waals surface area contributed by atoms with Crippen LogP contribution in [0.25, 0.3) is 22.0 Å². The Morgan fingerprint density at radius 1 is 1.05 bits per heavy atom. The van der Waals surface area contributed by atoms with Crippen LogP contribution in [0.15, 0.2) is 47.4 Å². The van der Waals surface area contributed by atoms with Crippen LogP contribution < -0.4 is 4.72 Å². The van der Waals surface area contributed by atoms with Crippen LogP contribution in [0.4, 0.5) is 10.1 Å². The normalized spacial score (nSPS) is 15.0. The molecule has 0 unspecified atom stereocenters. The predicted molar refractivity (Wildman–Crippen MR) is 82.7 cm³/mol. The van der Waals surface area contributed by atoms with Crippen LogP contribution in [0, 0.1) is 12.7 Å². The highest BCUT2D eigenvalue weighted by molar-refractivity contribution is 7.93. The van der Waals surface area contributed by atoms with Gasteiger partial charge in [0.05, 0.1) is 16.1 Å². The van der Waals surface area contributed by atoms with Crippen LogP contribution in [0.1, 0.15) is 5.69 Å². The summed E-state index contributed by atoms with van der Waals surface area (Å²) in [7, 11) is -3.81. The number of rotatable bonds is 0. The van der Waals surface area contributed by atoms with Gasteiger partial charge in [-0.3, -0.25) is 9.71 Å². The molecule has 0 spiro atoms. The first kappa shape index (κ1) is 13.2.